The molecule has 2 amide bonds. The van der Waals surface area contributed by atoms with Gasteiger partial charge in [-0.1, -0.05) is 0 Å². The van der Waals surface area contributed by atoms with Gasteiger partial charge in [0.05, 0.1) is 25.8 Å². The highest BCUT2D eigenvalue weighted by Gasteiger charge is 2.20. The predicted octanol–water partition coefficient (Wildman–Crippen LogP) is 0.142. The van der Waals surface area contributed by atoms with E-state index in [1.165, 1.54) is 23.2 Å². The van der Waals surface area contributed by atoms with Crippen LogP contribution in [0.4, 0.5) is 10.2 Å². The number of carbonyl (C=O) groups is 2. The Kier molecular flexibility index (Phi) is 6.75. The Morgan fingerprint density at radius 2 is 2.03 bits per heavy atom. The van der Waals surface area contributed by atoms with E-state index in [1.807, 2.05) is 0 Å². The summed E-state index contributed by atoms with van der Waals surface area (Å²) in [7, 11) is 1.64. The summed E-state index contributed by atoms with van der Waals surface area (Å²) < 4.78 is 19.4. The monoisotopic (exact) mass is 457 g/mol. The zero-order valence-corrected chi connectivity index (χ0v) is 18.1. The second-order valence-electron chi connectivity index (χ2n) is 7.72. The van der Waals surface area contributed by atoms with Gasteiger partial charge in [-0.15, -0.1) is 0 Å². The van der Waals surface area contributed by atoms with Crippen molar-refractivity contribution in [2.45, 2.75) is 6.42 Å². The number of nitrogens with zero attached hydrogens (tertiary/aromatic N) is 5. The number of H-pyrrole nitrogens is 1. The topological polar surface area (TPSA) is 125 Å². The van der Waals surface area contributed by atoms with Crippen molar-refractivity contribution in [3.8, 4) is 0 Å². The van der Waals surface area contributed by atoms with Crippen molar-refractivity contribution >= 4 is 23.3 Å². The summed E-state index contributed by atoms with van der Waals surface area (Å²) in [6, 6.07) is 4.08. The van der Waals surface area contributed by atoms with Crippen LogP contribution in [0.15, 0.2) is 35.4 Å². The number of carbonyl (C=O) groups excluding carboxylic acids is 2. The quantitative estimate of drug-likeness (QED) is 0.517. The van der Waals surface area contributed by atoms with Crippen LogP contribution >= 0.6 is 0 Å². The SMILES string of the molecule is CN(CCN1CCOCC1)C(=O)c1cnc2cc(CC(=O)Nc3ccc(F)cn3)[nH]n2c1=O. The fraction of sp³-hybridized carbons (Fsp3) is 0.381. The van der Waals surface area contributed by atoms with Gasteiger partial charge in [-0.05, 0) is 12.1 Å². The Hall–Kier alpha value is -3.64. The maximum atomic E-state index is 12.9. The second kappa shape index (κ2) is 9.88. The largest absolute Gasteiger partial charge is 0.379 e. The summed E-state index contributed by atoms with van der Waals surface area (Å²) in [6.07, 6.45) is 2.16. The maximum Gasteiger partial charge on any atom is 0.285 e. The molecule has 0 spiro atoms. The average molecular weight is 457 g/mol. The molecule has 33 heavy (non-hydrogen) atoms. The van der Waals surface area contributed by atoms with E-state index in [0.29, 0.717) is 32.0 Å². The molecular formula is C21H24FN7O4. The summed E-state index contributed by atoms with van der Waals surface area (Å²) in [5.74, 6) is -1.13. The van der Waals surface area contributed by atoms with E-state index in [-0.39, 0.29) is 23.4 Å². The van der Waals surface area contributed by atoms with Crippen LogP contribution in [-0.4, -0.2) is 87.6 Å². The molecular weight excluding hydrogens is 433 g/mol. The number of hydrogen-bond donors (Lipinski definition) is 2. The minimum absolute atomic E-state index is 0.0645. The Bertz CT molecular complexity index is 1200. The predicted molar refractivity (Wildman–Crippen MR) is 117 cm³/mol. The number of pyridine rings is 1. The zero-order valence-electron chi connectivity index (χ0n) is 18.1. The lowest BCUT2D eigenvalue weighted by Crippen LogP contribution is -2.42. The van der Waals surface area contributed by atoms with Gasteiger partial charge in [-0.2, -0.15) is 0 Å². The van der Waals surface area contributed by atoms with E-state index in [1.54, 1.807) is 13.1 Å². The molecule has 1 saturated heterocycles. The van der Waals surface area contributed by atoms with E-state index in [4.69, 9.17) is 4.74 Å². The Morgan fingerprint density at radius 3 is 2.76 bits per heavy atom. The molecule has 1 aliphatic heterocycles. The summed E-state index contributed by atoms with van der Waals surface area (Å²) in [5, 5.41) is 5.36. The lowest BCUT2D eigenvalue weighted by Gasteiger charge is -2.28. The number of ether oxygens (including phenoxy) is 1. The number of aromatic amines is 1. The molecule has 0 aromatic carbocycles. The third-order valence-electron chi connectivity index (χ3n) is 5.33. The number of halogens is 1. The van der Waals surface area contributed by atoms with Crippen LogP contribution in [0.25, 0.3) is 5.65 Å². The Labute approximate surface area is 188 Å². The van der Waals surface area contributed by atoms with Crippen molar-refractivity contribution in [1.82, 2.24) is 29.4 Å². The van der Waals surface area contributed by atoms with E-state index < -0.39 is 23.2 Å². The molecule has 0 aliphatic carbocycles. The zero-order chi connectivity index (χ0) is 23.4. The van der Waals surface area contributed by atoms with Crippen LogP contribution in [0, 0.1) is 5.82 Å². The molecule has 0 unspecified atom stereocenters. The molecule has 2 N–H and O–H groups in total. The van der Waals surface area contributed by atoms with Crippen LogP contribution in [0.5, 0.6) is 0 Å². The van der Waals surface area contributed by atoms with Gasteiger partial charge in [0.25, 0.3) is 11.5 Å². The number of morpholine rings is 1. The molecule has 3 aromatic heterocycles. The molecule has 0 saturated carbocycles. The van der Waals surface area contributed by atoms with Gasteiger partial charge < -0.3 is 15.0 Å². The van der Waals surface area contributed by atoms with Gasteiger partial charge in [0.2, 0.25) is 5.91 Å². The number of anilines is 1. The number of fused-ring (bicyclic) bond motifs is 1. The first-order chi connectivity index (χ1) is 15.9. The van der Waals surface area contributed by atoms with Crippen LogP contribution < -0.4 is 10.9 Å². The second-order valence-corrected chi connectivity index (χ2v) is 7.72. The molecule has 4 heterocycles. The molecule has 1 aliphatic rings. The number of hydrogen-bond acceptors (Lipinski definition) is 7. The molecule has 174 valence electrons. The van der Waals surface area contributed by atoms with E-state index in [9.17, 15) is 18.8 Å². The van der Waals surface area contributed by atoms with E-state index in [2.05, 4.69) is 25.3 Å². The highest BCUT2D eigenvalue weighted by Crippen LogP contribution is 2.08. The highest BCUT2D eigenvalue weighted by molar-refractivity contribution is 5.93. The molecule has 12 heteroatoms. The lowest BCUT2D eigenvalue weighted by atomic mass is 10.3. The van der Waals surface area contributed by atoms with Crippen LogP contribution in [0.2, 0.25) is 0 Å². The summed E-state index contributed by atoms with van der Waals surface area (Å²) in [5.41, 5.74) is 0.0973. The maximum absolute atomic E-state index is 12.9. The average Bonchev–Trinajstić information content (AvgIpc) is 3.23. The third-order valence-corrected chi connectivity index (χ3v) is 5.33. The van der Waals surface area contributed by atoms with Gasteiger partial charge >= 0.3 is 0 Å². The third kappa shape index (κ3) is 5.41. The standard InChI is InChI=1S/C21H24FN7O4/c1-27(4-5-28-6-8-33-9-7-28)20(31)16-13-24-18-10-15(26-29(18)21(16)32)11-19(30)25-17-3-2-14(22)12-23-17/h2-3,10,12-13,26H,4-9,11H2,1H3,(H,23,25,30). The fourth-order valence-electron chi connectivity index (χ4n) is 3.48. The van der Waals surface area contributed by atoms with E-state index in [0.717, 1.165) is 23.8 Å². The van der Waals surface area contributed by atoms with Crippen molar-refractivity contribution in [3.63, 3.8) is 0 Å². The van der Waals surface area contributed by atoms with Crippen molar-refractivity contribution < 1.29 is 18.7 Å². The first kappa shape index (κ1) is 22.6. The normalized spacial score (nSPS) is 14.4. The van der Waals surface area contributed by atoms with Gasteiger partial charge in [0.1, 0.15) is 17.2 Å². The first-order valence-corrected chi connectivity index (χ1v) is 10.5. The molecule has 3 aromatic rings. The van der Waals surface area contributed by atoms with Gasteiger partial charge in [0, 0.05) is 51.2 Å². The Morgan fingerprint density at radius 1 is 1.24 bits per heavy atom. The molecule has 4 rings (SSSR count). The number of amides is 2. The lowest BCUT2D eigenvalue weighted by molar-refractivity contribution is -0.115. The van der Waals surface area contributed by atoms with E-state index >= 15 is 0 Å². The highest BCUT2D eigenvalue weighted by atomic mass is 19.1. The number of likely N-dealkylation sites (N-methyl/N-ethyl adjacent to an activating group) is 1. The van der Waals surface area contributed by atoms with Crippen molar-refractivity contribution in [2.24, 2.45) is 0 Å². The smallest absolute Gasteiger partial charge is 0.285 e. The Balaban J connectivity index is 1.42. The molecule has 0 radical (unpaired) electrons. The summed E-state index contributed by atoms with van der Waals surface area (Å²) >= 11 is 0. The number of nitrogens with one attached hydrogen (secondary N) is 2. The fourth-order valence-corrected chi connectivity index (χ4v) is 3.48. The first-order valence-electron chi connectivity index (χ1n) is 10.5. The molecule has 11 nitrogen and oxygen atoms in total. The number of aromatic nitrogens is 4. The van der Waals surface area contributed by atoms with Crippen molar-refractivity contribution in [1.29, 1.82) is 0 Å². The van der Waals surface area contributed by atoms with Gasteiger partial charge in [0.15, 0.2) is 5.65 Å². The van der Waals surface area contributed by atoms with Crippen LogP contribution in [0.3, 0.4) is 0 Å². The molecule has 0 atom stereocenters. The molecule has 0 bridgehead atoms. The van der Waals surface area contributed by atoms with Crippen molar-refractivity contribution in [3.05, 3.63) is 58.0 Å². The minimum atomic E-state index is -0.546. The summed E-state index contributed by atoms with van der Waals surface area (Å²) in [6.45, 7) is 4.13. The van der Waals surface area contributed by atoms with Gasteiger partial charge in [-0.25, -0.2) is 18.9 Å². The molecule has 1 fully saturated rings. The minimum Gasteiger partial charge on any atom is -0.379 e. The van der Waals surface area contributed by atoms with Crippen molar-refractivity contribution in [2.75, 3.05) is 51.8 Å². The number of rotatable bonds is 7. The van der Waals surface area contributed by atoms with Crippen LogP contribution in [-0.2, 0) is 16.0 Å². The summed E-state index contributed by atoms with van der Waals surface area (Å²) in [4.78, 5) is 49.6. The van der Waals surface area contributed by atoms with Gasteiger partial charge in [-0.3, -0.25) is 24.4 Å². The van der Waals surface area contributed by atoms with Crippen LogP contribution in [0.1, 0.15) is 16.1 Å².